The first-order chi connectivity index (χ1) is 11.3. The molecule has 0 atom stereocenters. The highest BCUT2D eigenvalue weighted by atomic mass is 16.5. The van der Waals surface area contributed by atoms with E-state index < -0.39 is 11.6 Å². The summed E-state index contributed by atoms with van der Waals surface area (Å²) < 4.78 is 4.90. The van der Waals surface area contributed by atoms with Gasteiger partial charge in [0.05, 0.1) is 12.7 Å². The smallest absolute Gasteiger partial charge is 0.414 e. The van der Waals surface area contributed by atoms with Gasteiger partial charge in [-0.1, -0.05) is 17.9 Å². The number of amides is 1. The van der Waals surface area contributed by atoms with E-state index in [1.165, 1.54) is 7.11 Å². The molecule has 1 heterocycles. The lowest BCUT2D eigenvalue weighted by atomic mass is 10.0. The minimum Gasteiger partial charge on any atom is -0.452 e. The van der Waals surface area contributed by atoms with Gasteiger partial charge in [-0.05, 0) is 39.0 Å². The van der Waals surface area contributed by atoms with Crippen molar-refractivity contribution in [1.82, 2.24) is 9.97 Å². The molecular weight excluding hydrogens is 304 g/mol. The number of nitrogen functional groups attached to an aromatic ring is 1. The first kappa shape index (κ1) is 17.3. The van der Waals surface area contributed by atoms with Crippen molar-refractivity contribution in [3.05, 3.63) is 47.8 Å². The summed E-state index contributed by atoms with van der Waals surface area (Å²) in [4.78, 5) is 21.5. The molecule has 0 aliphatic carbocycles. The summed E-state index contributed by atoms with van der Waals surface area (Å²) in [6.07, 6.45) is 2.71. The molecule has 0 unspecified atom stereocenters. The average molecular weight is 324 g/mol. The molecule has 2 aromatic rings. The molecule has 0 aliphatic heterocycles. The van der Waals surface area contributed by atoms with E-state index in [1.807, 2.05) is 45.0 Å². The van der Waals surface area contributed by atoms with Crippen LogP contribution in [0.1, 0.15) is 31.9 Å². The topological polar surface area (TPSA) is 81.3 Å². The number of benzene rings is 1. The highest BCUT2D eigenvalue weighted by Gasteiger charge is 2.28. The van der Waals surface area contributed by atoms with E-state index in [0.29, 0.717) is 5.56 Å². The van der Waals surface area contributed by atoms with Gasteiger partial charge in [-0.25, -0.2) is 14.8 Å². The first-order valence-electron chi connectivity index (χ1n) is 7.39. The predicted molar refractivity (Wildman–Crippen MR) is 93.5 cm³/mol. The van der Waals surface area contributed by atoms with Crippen molar-refractivity contribution in [1.29, 1.82) is 0 Å². The molecule has 1 amide bonds. The molecule has 0 saturated heterocycles. The summed E-state index contributed by atoms with van der Waals surface area (Å²) in [6.45, 7) is 5.82. The maximum absolute atomic E-state index is 12.1. The van der Waals surface area contributed by atoms with E-state index in [4.69, 9.17) is 10.5 Å². The van der Waals surface area contributed by atoms with Gasteiger partial charge in [0.1, 0.15) is 0 Å². The Morgan fingerprint density at radius 2 is 1.79 bits per heavy atom. The van der Waals surface area contributed by atoms with E-state index in [2.05, 4.69) is 21.8 Å². The summed E-state index contributed by atoms with van der Waals surface area (Å²) in [7, 11) is 1.37. The van der Waals surface area contributed by atoms with Gasteiger partial charge in [0.2, 0.25) is 5.95 Å². The van der Waals surface area contributed by atoms with Crippen LogP contribution in [-0.4, -0.2) is 28.7 Å². The van der Waals surface area contributed by atoms with Crippen molar-refractivity contribution in [2.24, 2.45) is 0 Å². The number of carbonyl (C=O) groups excluding carboxylic acids is 1. The molecule has 0 fully saturated rings. The molecule has 0 spiro atoms. The number of anilines is 2. The number of nitrogens with two attached hydrogens (primary N) is 1. The molecule has 6 nitrogen and oxygen atoms in total. The fourth-order valence-corrected chi connectivity index (χ4v) is 2.13. The Morgan fingerprint density at radius 1 is 1.17 bits per heavy atom. The minimum atomic E-state index is -0.427. The normalized spacial score (nSPS) is 10.5. The molecule has 2 rings (SSSR count). The fraction of sp³-hybridized carbons (Fsp3) is 0.278. The van der Waals surface area contributed by atoms with Gasteiger partial charge < -0.3 is 10.5 Å². The highest BCUT2D eigenvalue weighted by Crippen LogP contribution is 2.25. The predicted octanol–water partition coefficient (Wildman–Crippen LogP) is 2.83. The van der Waals surface area contributed by atoms with Crippen LogP contribution >= 0.6 is 0 Å². The number of aromatic nitrogens is 2. The van der Waals surface area contributed by atoms with Gasteiger partial charge >= 0.3 is 6.09 Å². The van der Waals surface area contributed by atoms with Gasteiger partial charge in [0.15, 0.2) is 0 Å². The molecule has 0 saturated carbocycles. The number of hydrogen-bond acceptors (Lipinski definition) is 5. The molecule has 0 radical (unpaired) electrons. The molecule has 2 N–H and O–H groups in total. The number of carbonyl (C=O) groups is 1. The Morgan fingerprint density at radius 3 is 2.38 bits per heavy atom. The van der Waals surface area contributed by atoms with Crippen LogP contribution in [-0.2, 0) is 4.74 Å². The molecule has 1 aromatic heterocycles. The van der Waals surface area contributed by atoms with Crippen LogP contribution in [0.2, 0.25) is 0 Å². The maximum atomic E-state index is 12.1. The Hall–Kier alpha value is -3.07. The average Bonchev–Trinajstić information content (AvgIpc) is 2.53. The van der Waals surface area contributed by atoms with Crippen LogP contribution in [0.3, 0.4) is 0 Å². The highest BCUT2D eigenvalue weighted by molar-refractivity contribution is 5.89. The largest absolute Gasteiger partial charge is 0.452 e. The van der Waals surface area contributed by atoms with Crippen molar-refractivity contribution in [2.75, 3.05) is 17.7 Å². The molecule has 1 aromatic carbocycles. The third-order valence-corrected chi connectivity index (χ3v) is 3.16. The molecule has 6 heteroatoms. The van der Waals surface area contributed by atoms with Crippen molar-refractivity contribution in [2.45, 2.75) is 26.3 Å². The fourth-order valence-electron chi connectivity index (χ4n) is 2.13. The summed E-state index contributed by atoms with van der Waals surface area (Å²) in [5, 5.41) is 0. The zero-order chi connectivity index (χ0) is 17.7. The van der Waals surface area contributed by atoms with Crippen LogP contribution in [0.25, 0.3) is 0 Å². The van der Waals surface area contributed by atoms with Crippen molar-refractivity contribution in [3.63, 3.8) is 0 Å². The second-order valence-electron chi connectivity index (χ2n) is 6.11. The Bertz CT molecular complexity index is 783. The summed E-state index contributed by atoms with van der Waals surface area (Å²) in [5.41, 5.74) is 7.17. The van der Waals surface area contributed by atoms with E-state index >= 15 is 0 Å². The quantitative estimate of drug-likeness (QED) is 0.816. The number of hydrogen-bond donors (Lipinski definition) is 1. The number of rotatable bonds is 1. The van der Waals surface area contributed by atoms with E-state index in [1.54, 1.807) is 17.3 Å². The second kappa shape index (κ2) is 7.01. The maximum Gasteiger partial charge on any atom is 0.414 e. The van der Waals surface area contributed by atoms with E-state index in [9.17, 15) is 4.79 Å². The Kier molecular flexibility index (Phi) is 5.05. The number of methoxy groups -OCH3 is 1. The van der Waals surface area contributed by atoms with Crippen LogP contribution in [0.5, 0.6) is 0 Å². The lowest BCUT2D eigenvalue weighted by Crippen LogP contribution is -2.45. The van der Waals surface area contributed by atoms with Gasteiger partial charge in [-0.3, -0.25) is 4.90 Å². The van der Waals surface area contributed by atoms with Crippen molar-refractivity contribution in [3.8, 4) is 11.8 Å². The monoisotopic (exact) mass is 324 g/mol. The Labute approximate surface area is 141 Å². The van der Waals surface area contributed by atoms with Crippen LogP contribution in [0.15, 0.2) is 36.7 Å². The lowest BCUT2D eigenvalue weighted by Gasteiger charge is -2.34. The summed E-state index contributed by atoms with van der Waals surface area (Å²) >= 11 is 0. The van der Waals surface area contributed by atoms with E-state index in [-0.39, 0.29) is 5.95 Å². The molecule has 0 bridgehead atoms. The van der Waals surface area contributed by atoms with Gasteiger partial charge in [0.25, 0.3) is 0 Å². The third kappa shape index (κ3) is 4.23. The zero-order valence-corrected chi connectivity index (χ0v) is 14.2. The standard InChI is InChI=1S/C18H20N4O2/c1-18(2,3)22(17(23)24-4)15-7-5-6-13(10-15)8-9-14-11-20-16(19)21-12-14/h5-7,10-12H,1-4H3,(H2,19,20,21). The van der Waals surface area contributed by atoms with Gasteiger partial charge in [-0.2, -0.15) is 0 Å². The molecule has 0 aliphatic rings. The minimum absolute atomic E-state index is 0.210. The SMILES string of the molecule is COC(=O)N(c1cccc(C#Cc2cnc(N)nc2)c1)C(C)(C)C. The van der Waals surface area contributed by atoms with Crippen molar-refractivity contribution >= 4 is 17.7 Å². The molecular formula is C18H20N4O2. The number of ether oxygens (including phenoxy) is 1. The van der Waals surface area contributed by atoms with Crippen molar-refractivity contribution < 1.29 is 9.53 Å². The molecule has 124 valence electrons. The zero-order valence-electron chi connectivity index (χ0n) is 14.2. The third-order valence-electron chi connectivity index (χ3n) is 3.16. The number of nitrogens with zero attached hydrogens (tertiary/aromatic N) is 3. The van der Waals surface area contributed by atoms with Crippen LogP contribution in [0, 0.1) is 11.8 Å². The second-order valence-corrected chi connectivity index (χ2v) is 6.11. The van der Waals surface area contributed by atoms with Gasteiger partial charge in [0, 0.05) is 29.2 Å². The van der Waals surface area contributed by atoms with Gasteiger partial charge in [-0.15, -0.1) is 0 Å². The Balaban J connectivity index is 2.34. The summed E-state index contributed by atoms with van der Waals surface area (Å²) in [5.74, 6) is 6.22. The van der Waals surface area contributed by atoms with E-state index in [0.717, 1.165) is 11.3 Å². The van der Waals surface area contributed by atoms with Crippen LogP contribution < -0.4 is 10.6 Å². The van der Waals surface area contributed by atoms with Crippen LogP contribution in [0.4, 0.5) is 16.4 Å². The summed E-state index contributed by atoms with van der Waals surface area (Å²) in [6, 6.07) is 7.40. The lowest BCUT2D eigenvalue weighted by molar-refractivity contribution is 0.172. The molecule has 24 heavy (non-hydrogen) atoms. The first-order valence-corrected chi connectivity index (χ1v) is 7.39.